The summed E-state index contributed by atoms with van der Waals surface area (Å²) in [5, 5.41) is 0. The van der Waals surface area contributed by atoms with Crippen LogP contribution in [0.3, 0.4) is 0 Å². The van der Waals surface area contributed by atoms with Gasteiger partial charge in [0.15, 0.2) is 11.6 Å². The largest absolute Gasteiger partial charge is 0.486 e. The van der Waals surface area contributed by atoms with E-state index in [9.17, 15) is 0 Å². The molecule has 0 radical (unpaired) electrons. The summed E-state index contributed by atoms with van der Waals surface area (Å²) in [5.74, 6) is 2.58. The number of aromatic nitrogens is 2. The minimum atomic E-state index is -0.0456. The molecule has 0 unspecified atom stereocenters. The lowest BCUT2D eigenvalue weighted by Crippen LogP contribution is -2.47. The number of ether oxygens (including phenoxy) is 1. The third-order valence-corrected chi connectivity index (χ3v) is 3.04. The average molecular weight is 249 g/mol. The second-order valence-corrected chi connectivity index (χ2v) is 6.80. The normalized spacial score (nSPS) is 16.2. The maximum absolute atomic E-state index is 5.65. The van der Waals surface area contributed by atoms with E-state index in [0.29, 0.717) is 6.61 Å². The third-order valence-electron chi connectivity index (χ3n) is 3.04. The molecule has 0 amide bonds. The van der Waals surface area contributed by atoms with Gasteiger partial charge in [0.05, 0.1) is 12.7 Å². The molecule has 4 nitrogen and oxygen atoms in total. The molecule has 2 rings (SSSR count). The lowest BCUT2D eigenvalue weighted by Gasteiger charge is -2.40. The fourth-order valence-corrected chi connectivity index (χ4v) is 2.02. The molecule has 0 spiro atoms. The molecule has 0 saturated carbocycles. The van der Waals surface area contributed by atoms with E-state index >= 15 is 0 Å². The highest BCUT2D eigenvalue weighted by atomic mass is 16.5. The van der Waals surface area contributed by atoms with E-state index in [4.69, 9.17) is 9.72 Å². The van der Waals surface area contributed by atoms with E-state index in [0.717, 1.165) is 23.9 Å². The van der Waals surface area contributed by atoms with Crippen molar-refractivity contribution in [1.82, 2.24) is 9.97 Å². The SMILES string of the molecule is CC(C)(C)c1ncc2c(n1)N(C(C)(C)C)CCO2. The maximum Gasteiger partial charge on any atom is 0.180 e. The Morgan fingerprint density at radius 1 is 1.17 bits per heavy atom. The second-order valence-electron chi connectivity index (χ2n) is 6.80. The van der Waals surface area contributed by atoms with Crippen LogP contribution in [0.2, 0.25) is 0 Å². The Hall–Kier alpha value is -1.32. The molecule has 0 bridgehead atoms. The highest BCUT2D eigenvalue weighted by Crippen LogP contribution is 2.34. The molecule has 0 saturated heterocycles. The van der Waals surface area contributed by atoms with Crippen LogP contribution in [0.15, 0.2) is 6.20 Å². The maximum atomic E-state index is 5.65. The van der Waals surface area contributed by atoms with Crippen LogP contribution in [0.4, 0.5) is 5.82 Å². The highest BCUT2D eigenvalue weighted by molar-refractivity contribution is 5.55. The van der Waals surface area contributed by atoms with Crippen molar-refractivity contribution in [2.45, 2.75) is 52.5 Å². The molecule has 0 aromatic carbocycles. The van der Waals surface area contributed by atoms with Gasteiger partial charge >= 0.3 is 0 Å². The van der Waals surface area contributed by atoms with Crippen LogP contribution in [0.25, 0.3) is 0 Å². The molecule has 0 N–H and O–H groups in total. The van der Waals surface area contributed by atoms with Crippen molar-refractivity contribution in [3.8, 4) is 5.75 Å². The molecule has 18 heavy (non-hydrogen) atoms. The standard InChI is InChI=1S/C14H23N3O/c1-13(2,3)12-15-9-10-11(16-12)17(7-8-18-10)14(4,5)6/h9H,7-8H2,1-6H3. The molecule has 0 fully saturated rings. The molecular formula is C14H23N3O. The Morgan fingerprint density at radius 3 is 2.39 bits per heavy atom. The van der Waals surface area contributed by atoms with Crippen molar-refractivity contribution in [3.05, 3.63) is 12.0 Å². The Morgan fingerprint density at radius 2 is 1.83 bits per heavy atom. The molecule has 0 aliphatic carbocycles. The third kappa shape index (κ3) is 2.42. The first kappa shape index (κ1) is 13.1. The second kappa shape index (κ2) is 4.11. The molecule has 4 heteroatoms. The van der Waals surface area contributed by atoms with E-state index in [1.807, 2.05) is 0 Å². The van der Waals surface area contributed by atoms with Crippen molar-refractivity contribution < 1.29 is 4.74 Å². The van der Waals surface area contributed by atoms with Gasteiger partial charge in [-0.25, -0.2) is 9.97 Å². The highest BCUT2D eigenvalue weighted by Gasteiger charge is 2.30. The first-order valence-corrected chi connectivity index (χ1v) is 6.47. The predicted octanol–water partition coefficient (Wildman–Crippen LogP) is 2.77. The van der Waals surface area contributed by atoms with Crippen molar-refractivity contribution >= 4 is 5.82 Å². The van der Waals surface area contributed by atoms with E-state index in [2.05, 4.69) is 51.4 Å². The van der Waals surface area contributed by atoms with Gasteiger partial charge in [-0.05, 0) is 20.8 Å². The van der Waals surface area contributed by atoms with Crippen LogP contribution in [0.5, 0.6) is 5.75 Å². The van der Waals surface area contributed by atoms with Gasteiger partial charge < -0.3 is 9.64 Å². The molecule has 0 atom stereocenters. The van der Waals surface area contributed by atoms with Gasteiger partial charge in [0.2, 0.25) is 0 Å². The molecular weight excluding hydrogens is 226 g/mol. The van der Waals surface area contributed by atoms with Gasteiger partial charge in [-0.2, -0.15) is 0 Å². The first-order chi connectivity index (χ1) is 8.19. The van der Waals surface area contributed by atoms with Crippen molar-refractivity contribution in [3.63, 3.8) is 0 Å². The molecule has 1 aromatic rings. The van der Waals surface area contributed by atoms with Crippen LogP contribution >= 0.6 is 0 Å². The van der Waals surface area contributed by atoms with E-state index in [1.165, 1.54) is 0 Å². The zero-order valence-electron chi connectivity index (χ0n) is 12.2. The van der Waals surface area contributed by atoms with Crippen molar-refractivity contribution in [1.29, 1.82) is 0 Å². The van der Waals surface area contributed by atoms with Gasteiger partial charge in [0, 0.05) is 11.0 Å². The van der Waals surface area contributed by atoms with Crippen molar-refractivity contribution in [2.75, 3.05) is 18.1 Å². The smallest absolute Gasteiger partial charge is 0.180 e. The number of fused-ring (bicyclic) bond motifs is 1. The summed E-state index contributed by atoms with van der Waals surface area (Å²) < 4.78 is 5.65. The number of anilines is 1. The molecule has 100 valence electrons. The zero-order chi connectivity index (χ0) is 13.6. The number of hydrogen-bond acceptors (Lipinski definition) is 4. The number of nitrogens with zero attached hydrogens (tertiary/aromatic N) is 3. The van der Waals surface area contributed by atoms with Crippen LogP contribution < -0.4 is 9.64 Å². The molecule has 2 heterocycles. The lowest BCUT2D eigenvalue weighted by atomic mass is 9.95. The molecule has 1 aliphatic rings. The Kier molecular flexibility index (Phi) is 2.99. The minimum Gasteiger partial charge on any atom is -0.486 e. The zero-order valence-corrected chi connectivity index (χ0v) is 12.2. The van der Waals surface area contributed by atoms with Crippen LogP contribution in [0, 0.1) is 0 Å². The summed E-state index contributed by atoms with van der Waals surface area (Å²) in [5.41, 5.74) is -0.00192. The molecule has 1 aliphatic heterocycles. The number of hydrogen-bond donors (Lipinski definition) is 0. The lowest BCUT2D eigenvalue weighted by molar-refractivity contribution is 0.283. The summed E-state index contributed by atoms with van der Waals surface area (Å²) in [6.45, 7) is 14.5. The summed E-state index contributed by atoms with van der Waals surface area (Å²) in [6.07, 6.45) is 1.81. The fraction of sp³-hybridized carbons (Fsp3) is 0.714. The topological polar surface area (TPSA) is 38.2 Å². The first-order valence-electron chi connectivity index (χ1n) is 6.47. The quantitative estimate of drug-likeness (QED) is 0.708. The fourth-order valence-electron chi connectivity index (χ4n) is 2.02. The Balaban J connectivity index is 2.48. The van der Waals surface area contributed by atoms with Crippen LogP contribution in [0.1, 0.15) is 47.4 Å². The predicted molar refractivity (Wildman–Crippen MR) is 73.3 cm³/mol. The van der Waals surface area contributed by atoms with E-state index < -0.39 is 0 Å². The van der Waals surface area contributed by atoms with Crippen molar-refractivity contribution in [2.24, 2.45) is 0 Å². The van der Waals surface area contributed by atoms with Gasteiger partial charge in [-0.3, -0.25) is 0 Å². The molecule has 1 aromatic heterocycles. The van der Waals surface area contributed by atoms with Crippen LogP contribution in [-0.4, -0.2) is 28.7 Å². The minimum absolute atomic E-state index is 0.0437. The van der Waals surface area contributed by atoms with Gasteiger partial charge in [-0.1, -0.05) is 20.8 Å². The summed E-state index contributed by atoms with van der Waals surface area (Å²) in [6, 6.07) is 0. The Labute approximate surface area is 109 Å². The average Bonchev–Trinajstić information content (AvgIpc) is 2.25. The van der Waals surface area contributed by atoms with Gasteiger partial charge in [-0.15, -0.1) is 0 Å². The monoisotopic (exact) mass is 249 g/mol. The number of rotatable bonds is 0. The summed E-state index contributed by atoms with van der Waals surface area (Å²) >= 11 is 0. The summed E-state index contributed by atoms with van der Waals surface area (Å²) in [4.78, 5) is 11.4. The Bertz CT molecular complexity index is 443. The van der Waals surface area contributed by atoms with Gasteiger partial charge in [0.1, 0.15) is 12.4 Å². The van der Waals surface area contributed by atoms with E-state index in [-0.39, 0.29) is 11.0 Å². The van der Waals surface area contributed by atoms with Gasteiger partial charge in [0.25, 0.3) is 0 Å². The summed E-state index contributed by atoms with van der Waals surface area (Å²) in [7, 11) is 0. The van der Waals surface area contributed by atoms with Crippen LogP contribution in [-0.2, 0) is 5.41 Å². The van der Waals surface area contributed by atoms with E-state index in [1.54, 1.807) is 6.20 Å².